The molecule has 156 valence electrons. The number of piperidine rings is 1. The number of alkyl halides is 4. The summed E-state index contributed by atoms with van der Waals surface area (Å²) in [6.45, 7) is 0.485. The van der Waals surface area contributed by atoms with Gasteiger partial charge in [-0.2, -0.15) is 13.2 Å². The minimum Gasteiger partial charge on any atom is -0.397 e. The molecule has 1 amide bonds. The van der Waals surface area contributed by atoms with Gasteiger partial charge in [-0.1, -0.05) is 0 Å². The largest absolute Gasteiger partial charge is 0.397 e. The Morgan fingerprint density at radius 2 is 1.71 bits per heavy atom. The number of nitrogens with two attached hydrogens (primary N) is 2. The van der Waals surface area contributed by atoms with E-state index in [0.29, 0.717) is 24.2 Å². The molecule has 1 saturated heterocycles. The summed E-state index contributed by atoms with van der Waals surface area (Å²) in [6.07, 6.45) is -4.00. The van der Waals surface area contributed by atoms with Crippen molar-refractivity contribution in [1.29, 1.82) is 0 Å². The molecule has 28 heavy (non-hydrogen) atoms. The topological polar surface area (TPSA) is 93.2 Å². The van der Waals surface area contributed by atoms with Gasteiger partial charge in [0.05, 0.1) is 17.3 Å². The summed E-state index contributed by atoms with van der Waals surface area (Å²) in [7, 11) is 0. The Bertz CT molecular complexity index is 717. The average Bonchev–Trinajstić information content (AvgIpc) is 2.63. The van der Waals surface area contributed by atoms with Crippen molar-refractivity contribution in [2.75, 3.05) is 18.0 Å². The molecule has 2 aliphatic rings. The van der Waals surface area contributed by atoms with Gasteiger partial charge >= 0.3 is 6.18 Å². The number of nitrogens with one attached hydrogen (secondary N) is 2. The smallest absolute Gasteiger partial charge is 0.391 e. The highest BCUT2D eigenvalue weighted by atomic mass is 19.4. The second-order valence-corrected chi connectivity index (χ2v) is 7.76. The predicted molar refractivity (Wildman–Crippen MR) is 99.4 cm³/mol. The number of hydrogen-bond acceptors (Lipinski definition) is 4. The van der Waals surface area contributed by atoms with Gasteiger partial charge in [-0.05, 0) is 62.8 Å². The van der Waals surface area contributed by atoms with E-state index in [1.54, 1.807) is 6.07 Å². The zero-order valence-electron chi connectivity index (χ0n) is 15.5. The van der Waals surface area contributed by atoms with E-state index in [-0.39, 0.29) is 55.4 Å². The summed E-state index contributed by atoms with van der Waals surface area (Å²) < 4.78 is 52.3. The van der Waals surface area contributed by atoms with Gasteiger partial charge in [0, 0.05) is 17.6 Å². The summed E-state index contributed by atoms with van der Waals surface area (Å²) in [5.41, 5.74) is 13.1. The number of nitrogen functional groups attached to an aromatic ring is 2. The number of rotatable bonds is 3. The molecule has 2 unspecified atom stereocenters. The minimum atomic E-state index is -4.19. The first-order valence-electron chi connectivity index (χ1n) is 9.59. The SMILES string of the molecule is Nc1cc(C(=O)NC2CCC(C(F)(F)F)CC2)c(C2CC(F)CCN2)cc1N. The van der Waals surface area contributed by atoms with Crippen LogP contribution in [0, 0.1) is 5.92 Å². The summed E-state index contributed by atoms with van der Waals surface area (Å²) in [5, 5.41) is 6.01. The molecule has 1 saturated carbocycles. The van der Waals surface area contributed by atoms with Crippen molar-refractivity contribution in [2.24, 2.45) is 5.92 Å². The van der Waals surface area contributed by atoms with Crippen LogP contribution in [0.4, 0.5) is 28.9 Å². The van der Waals surface area contributed by atoms with Crippen LogP contribution >= 0.6 is 0 Å². The molecule has 1 aliphatic heterocycles. The van der Waals surface area contributed by atoms with Gasteiger partial charge in [-0.3, -0.25) is 4.79 Å². The molecule has 1 aromatic carbocycles. The third kappa shape index (κ3) is 4.68. The normalized spacial score (nSPS) is 28.7. The molecular weight excluding hydrogens is 376 g/mol. The number of hydrogen-bond donors (Lipinski definition) is 4. The first-order chi connectivity index (χ1) is 13.1. The van der Waals surface area contributed by atoms with Crippen LogP contribution in [0.5, 0.6) is 0 Å². The molecule has 5 nitrogen and oxygen atoms in total. The third-order valence-electron chi connectivity index (χ3n) is 5.74. The highest BCUT2D eigenvalue weighted by Gasteiger charge is 2.41. The lowest BCUT2D eigenvalue weighted by atomic mass is 9.85. The molecule has 0 radical (unpaired) electrons. The van der Waals surface area contributed by atoms with Crippen molar-refractivity contribution < 1.29 is 22.4 Å². The second kappa shape index (κ2) is 8.14. The van der Waals surface area contributed by atoms with Crippen LogP contribution in [-0.4, -0.2) is 30.8 Å². The number of halogens is 4. The molecule has 2 fully saturated rings. The number of carbonyl (C=O) groups excluding carboxylic acids is 1. The predicted octanol–water partition coefficient (Wildman–Crippen LogP) is 3.46. The standard InChI is InChI=1S/C19H26F4N4O/c20-11-5-6-26-17(7-11)13-8-15(24)16(25)9-14(13)18(28)27-12-3-1-10(2-4-12)19(21,22)23/h8-12,17,26H,1-7,24-25H2,(H,27,28). The zero-order valence-corrected chi connectivity index (χ0v) is 15.5. The highest BCUT2D eigenvalue weighted by Crippen LogP contribution is 2.38. The van der Waals surface area contributed by atoms with E-state index in [4.69, 9.17) is 11.5 Å². The number of benzene rings is 1. The minimum absolute atomic E-state index is 0.00110. The maximum Gasteiger partial charge on any atom is 0.391 e. The van der Waals surface area contributed by atoms with Crippen molar-refractivity contribution in [3.63, 3.8) is 0 Å². The number of anilines is 2. The summed E-state index contributed by atoms with van der Waals surface area (Å²) in [5.74, 6) is -1.73. The maximum absolute atomic E-state index is 13.8. The fourth-order valence-electron chi connectivity index (χ4n) is 4.07. The lowest BCUT2D eigenvalue weighted by molar-refractivity contribution is -0.182. The first kappa shape index (κ1) is 20.7. The molecule has 1 aromatic rings. The molecule has 1 aliphatic carbocycles. The van der Waals surface area contributed by atoms with Crippen LogP contribution in [0.15, 0.2) is 12.1 Å². The van der Waals surface area contributed by atoms with E-state index in [1.165, 1.54) is 6.07 Å². The molecule has 1 heterocycles. The summed E-state index contributed by atoms with van der Waals surface area (Å²) >= 11 is 0. The summed E-state index contributed by atoms with van der Waals surface area (Å²) in [6, 6.07) is 2.35. The lowest BCUT2D eigenvalue weighted by Gasteiger charge is -2.31. The quantitative estimate of drug-likeness (QED) is 0.460. The van der Waals surface area contributed by atoms with Crippen LogP contribution in [0.1, 0.15) is 60.5 Å². The van der Waals surface area contributed by atoms with Gasteiger partial charge in [-0.15, -0.1) is 0 Å². The van der Waals surface area contributed by atoms with Crippen molar-refractivity contribution in [3.8, 4) is 0 Å². The van der Waals surface area contributed by atoms with Gasteiger partial charge in [0.2, 0.25) is 0 Å². The van der Waals surface area contributed by atoms with Crippen LogP contribution < -0.4 is 22.1 Å². The van der Waals surface area contributed by atoms with Crippen molar-refractivity contribution in [3.05, 3.63) is 23.3 Å². The van der Waals surface area contributed by atoms with E-state index in [0.717, 1.165) is 0 Å². The Morgan fingerprint density at radius 1 is 1.07 bits per heavy atom. The maximum atomic E-state index is 13.8. The van der Waals surface area contributed by atoms with E-state index in [9.17, 15) is 22.4 Å². The van der Waals surface area contributed by atoms with Gasteiger partial charge in [0.1, 0.15) is 6.17 Å². The second-order valence-electron chi connectivity index (χ2n) is 7.76. The van der Waals surface area contributed by atoms with E-state index >= 15 is 0 Å². The third-order valence-corrected chi connectivity index (χ3v) is 5.74. The molecule has 0 bridgehead atoms. The molecule has 2 atom stereocenters. The first-order valence-corrected chi connectivity index (χ1v) is 9.59. The Labute approximate surface area is 161 Å². The zero-order chi connectivity index (χ0) is 20.5. The van der Waals surface area contributed by atoms with Crippen molar-refractivity contribution in [1.82, 2.24) is 10.6 Å². The fraction of sp³-hybridized carbons (Fsp3) is 0.632. The molecule has 6 N–H and O–H groups in total. The monoisotopic (exact) mass is 402 g/mol. The van der Waals surface area contributed by atoms with Crippen molar-refractivity contribution >= 4 is 17.3 Å². The Hall–Kier alpha value is -2.03. The molecule has 0 aromatic heterocycles. The van der Waals surface area contributed by atoms with E-state index in [2.05, 4.69) is 10.6 Å². The Morgan fingerprint density at radius 3 is 2.32 bits per heavy atom. The van der Waals surface area contributed by atoms with Gasteiger partial charge < -0.3 is 22.1 Å². The fourth-order valence-corrected chi connectivity index (χ4v) is 4.07. The lowest BCUT2D eigenvalue weighted by Crippen LogP contribution is -2.41. The van der Waals surface area contributed by atoms with E-state index < -0.39 is 24.2 Å². The van der Waals surface area contributed by atoms with Crippen molar-refractivity contribution in [2.45, 2.75) is 63.0 Å². The van der Waals surface area contributed by atoms with Gasteiger partial charge in [-0.25, -0.2) is 4.39 Å². The highest BCUT2D eigenvalue weighted by molar-refractivity contribution is 5.98. The molecule has 3 rings (SSSR count). The molecule has 0 spiro atoms. The number of carbonyl (C=O) groups is 1. The van der Waals surface area contributed by atoms with Crippen LogP contribution in [0.25, 0.3) is 0 Å². The van der Waals surface area contributed by atoms with Gasteiger partial charge in [0.15, 0.2) is 0 Å². The van der Waals surface area contributed by atoms with Crippen LogP contribution in [0.2, 0.25) is 0 Å². The van der Waals surface area contributed by atoms with Gasteiger partial charge in [0.25, 0.3) is 5.91 Å². The summed E-state index contributed by atoms with van der Waals surface area (Å²) in [4.78, 5) is 12.8. The Balaban J connectivity index is 1.73. The average molecular weight is 402 g/mol. The molecule has 9 heteroatoms. The molecular formula is C19H26F4N4O. The van der Waals surface area contributed by atoms with Crippen LogP contribution in [0.3, 0.4) is 0 Å². The van der Waals surface area contributed by atoms with Crippen LogP contribution in [-0.2, 0) is 0 Å². The Kier molecular flexibility index (Phi) is 6.02. The number of amides is 1. The van der Waals surface area contributed by atoms with E-state index in [1.807, 2.05) is 0 Å².